The molecular weight excluding hydrogens is 309 g/mol. The van der Waals surface area contributed by atoms with Gasteiger partial charge < -0.3 is 5.32 Å². The predicted octanol–water partition coefficient (Wildman–Crippen LogP) is 2.47. The SMILES string of the molecule is Cc1cc(C)c(C2C(=O)CC(CC(=O)N[C@@H]3C[C@@H]3F)C2=O)c(C)c1. The zero-order valence-corrected chi connectivity index (χ0v) is 14.2. The van der Waals surface area contributed by atoms with Crippen LogP contribution >= 0.6 is 0 Å². The Morgan fingerprint density at radius 1 is 1.21 bits per heavy atom. The first-order valence-electron chi connectivity index (χ1n) is 8.35. The predicted molar refractivity (Wildman–Crippen MR) is 87.6 cm³/mol. The molecule has 0 spiro atoms. The van der Waals surface area contributed by atoms with Crippen molar-refractivity contribution in [3.05, 3.63) is 34.4 Å². The lowest BCUT2D eigenvalue weighted by atomic mass is 9.86. The lowest BCUT2D eigenvalue weighted by Crippen LogP contribution is -2.30. The fourth-order valence-corrected chi connectivity index (χ4v) is 3.78. The Labute approximate surface area is 140 Å². The molecule has 0 saturated heterocycles. The Balaban J connectivity index is 1.76. The van der Waals surface area contributed by atoms with Gasteiger partial charge >= 0.3 is 0 Å². The van der Waals surface area contributed by atoms with Gasteiger partial charge in [-0.15, -0.1) is 0 Å². The van der Waals surface area contributed by atoms with Gasteiger partial charge in [-0.1, -0.05) is 17.7 Å². The Morgan fingerprint density at radius 3 is 2.33 bits per heavy atom. The van der Waals surface area contributed by atoms with Crippen molar-refractivity contribution in [3.63, 3.8) is 0 Å². The quantitative estimate of drug-likeness (QED) is 0.862. The number of carbonyl (C=O) groups excluding carboxylic acids is 3. The van der Waals surface area contributed by atoms with E-state index in [1.807, 2.05) is 32.9 Å². The molecule has 2 fully saturated rings. The van der Waals surface area contributed by atoms with E-state index in [9.17, 15) is 18.8 Å². The van der Waals surface area contributed by atoms with Crippen LogP contribution in [0.3, 0.4) is 0 Å². The van der Waals surface area contributed by atoms with E-state index in [0.717, 1.165) is 22.3 Å². The Kier molecular flexibility index (Phi) is 4.28. The standard InChI is InChI=1S/C19H22FNO3/c1-9-4-10(2)17(11(3)5-9)18-15(22)6-12(19(18)24)7-16(23)21-14-8-13(14)20/h4-5,12-14,18H,6-8H2,1-3H3,(H,21,23)/t12?,13-,14+,18?/m0/s1. The van der Waals surface area contributed by atoms with Gasteiger partial charge in [0.25, 0.3) is 0 Å². The summed E-state index contributed by atoms with van der Waals surface area (Å²) < 4.78 is 12.9. The molecule has 0 bridgehead atoms. The molecule has 128 valence electrons. The fraction of sp³-hybridized carbons (Fsp3) is 0.526. The second-order valence-corrected chi connectivity index (χ2v) is 7.14. The molecule has 1 amide bonds. The average molecular weight is 331 g/mol. The molecule has 4 atom stereocenters. The summed E-state index contributed by atoms with van der Waals surface area (Å²) in [5.74, 6) is -2.01. The van der Waals surface area contributed by atoms with Crippen molar-refractivity contribution < 1.29 is 18.8 Å². The van der Waals surface area contributed by atoms with Crippen LogP contribution in [0, 0.1) is 26.7 Å². The molecule has 2 aliphatic rings. The molecule has 2 aliphatic carbocycles. The number of nitrogens with one attached hydrogen (secondary N) is 1. The molecule has 2 unspecified atom stereocenters. The maximum Gasteiger partial charge on any atom is 0.221 e. The fourth-order valence-electron chi connectivity index (χ4n) is 3.78. The number of halogens is 1. The number of alkyl halides is 1. The highest BCUT2D eigenvalue weighted by Crippen LogP contribution is 2.37. The monoisotopic (exact) mass is 331 g/mol. The van der Waals surface area contributed by atoms with Gasteiger partial charge in [0.2, 0.25) is 5.91 Å². The minimum Gasteiger partial charge on any atom is -0.350 e. The Morgan fingerprint density at radius 2 is 1.79 bits per heavy atom. The molecule has 0 aliphatic heterocycles. The summed E-state index contributed by atoms with van der Waals surface area (Å²) in [7, 11) is 0. The number of ketones is 2. The van der Waals surface area contributed by atoms with Gasteiger partial charge in [0.15, 0.2) is 5.78 Å². The molecule has 0 radical (unpaired) electrons. The van der Waals surface area contributed by atoms with Crippen molar-refractivity contribution in [1.29, 1.82) is 0 Å². The van der Waals surface area contributed by atoms with Gasteiger partial charge in [-0.2, -0.15) is 0 Å². The van der Waals surface area contributed by atoms with Crippen LogP contribution < -0.4 is 5.32 Å². The second kappa shape index (κ2) is 6.11. The smallest absolute Gasteiger partial charge is 0.221 e. The van der Waals surface area contributed by atoms with E-state index in [1.165, 1.54) is 0 Å². The molecule has 0 aromatic heterocycles. The minimum absolute atomic E-state index is 0.0335. The number of hydrogen-bond donors (Lipinski definition) is 1. The van der Waals surface area contributed by atoms with Crippen molar-refractivity contribution in [1.82, 2.24) is 5.32 Å². The number of hydrogen-bond acceptors (Lipinski definition) is 3. The van der Waals surface area contributed by atoms with E-state index in [1.54, 1.807) is 0 Å². The largest absolute Gasteiger partial charge is 0.350 e. The molecule has 24 heavy (non-hydrogen) atoms. The van der Waals surface area contributed by atoms with Crippen LogP contribution in [0.2, 0.25) is 0 Å². The number of Topliss-reactive ketones (excluding diaryl/α,β-unsaturated/α-hetero) is 2. The maximum atomic E-state index is 12.9. The first-order chi connectivity index (χ1) is 11.3. The van der Waals surface area contributed by atoms with E-state index in [0.29, 0.717) is 6.42 Å². The third kappa shape index (κ3) is 3.12. The van der Waals surface area contributed by atoms with E-state index >= 15 is 0 Å². The van der Waals surface area contributed by atoms with E-state index in [4.69, 9.17) is 0 Å². The molecule has 1 aromatic rings. The highest BCUT2D eigenvalue weighted by atomic mass is 19.1. The van der Waals surface area contributed by atoms with Crippen LogP contribution in [0.5, 0.6) is 0 Å². The van der Waals surface area contributed by atoms with Crippen LogP contribution in [0.15, 0.2) is 12.1 Å². The summed E-state index contributed by atoms with van der Waals surface area (Å²) in [4.78, 5) is 37.1. The van der Waals surface area contributed by atoms with Crippen molar-refractivity contribution in [3.8, 4) is 0 Å². The summed E-state index contributed by atoms with van der Waals surface area (Å²) in [5.41, 5.74) is 3.74. The summed E-state index contributed by atoms with van der Waals surface area (Å²) in [6, 6.07) is 3.52. The van der Waals surface area contributed by atoms with E-state index < -0.39 is 24.0 Å². The molecule has 3 rings (SSSR count). The summed E-state index contributed by atoms with van der Waals surface area (Å²) in [6.07, 6.45) is -0.574. The topological polar surface area (TPSA) is 63.2 Å². The third-order valence-corrected chi connectivity index (χ3v) is 4.97. The van der Waals surface area contributed by atoms with Crippen molar-refractivity contribution in [2.24, 2.45) is 5.92 Å². The van der Waals surface area contributed by atoms with Crippen molar-refractivity contribution in [2.75, 3.05) is 0 Å². The highest BCUT2D eigenvalue weighted by molar-refractivity contribution is 6.15. The summed E-state index contributed by atoms with van der Waals surface area (Å²) in [5, 5.41) is 2.57. The van der Waals surface area contributed by atoms with Crippen molar-refractivity contribution in [2.45, 2.75) is 58.2 Å². The maximum absolute atomic E-state index is 12.9. The van der Waals surface area contributed by atoms with Crippen LogP contribution in [0.25, 0.3) is 0 Å². The van der Waals surface area contributed by atoms with Gasteiger partial charge in [0.1, 0.15) is 17.9 Å². The van der Waals surface area contributed by atoms with Gasteiger partial charge in [-0.3, -0.25) is 14.4 Å². The van der Waals surface area contributed by atoms with Gasteiger partial charge in [0, 0.05) is 25.2 Å². The average Bonchev–Trinajstić information content (AvgIpc) is 3.08. The number of aryl methyl sites for hydroxylation is 3. The molecule has 4 nitrogen and oxygen atoms in total. The van der Waals surface area contributed by atoms with Crippen molar-refractivity contribution >= 4 is 17.5 Å². The zero-order valence-electron chi connectivity index (χ0n) is 14.2. The Bertz CT molecular complexity index is 704. The van der Waals surface area contributed by atoms with Crippen LogP contribution in [-0.4, -0.2) is 29.7 Å². The lowest BCUT2D eigenvalue weighted by Gasteiger charge is -2.16. The molecule has 5 heteroatoms. The van der Waals surface area contributed by atoms with Crippen LogP contribution in [-0.2, 0) is 14.4 Å². The number of carbonyl (C=O) groups is 3. The third-order valence-electron chi connectivity index (χ3n) is 4.97. The second-order valence-electron chi connectivity index (χ2n) is 7.14. The molecule has 0 heterocycles. The van der Waals surface area contributed by atoms with E-state index in [2.05, 4.69) is 5.32 Å². The van der Waals surface area contributed by atoms with E-state index in [-0.39, 0.29) is 30.3 Å². The van der Waals surface area contributed by atoms with Crippen LogP contribution in [0.4, 0.5) is 4.39 Å². The minimum atomic E-state index is -0.972. The molecule has 2 saturated carbocycles. The first kappa shape index (κ1) is 16.8. The summed E-state index contributed by atoms with van der Waals surface area (Å²) >= 11 is 0. The number of benzene rings is 1. The molecule has 1 N–H and O–H groups in total. The van der Waals surface area contributed by atoms with Crippen LogP contribution in [0.1, 0.15) is 47.4 Å². The molecule has 1 aromatic carbocycles. The first-order valence-corrected chi connectivity index (χ1v) is 8.35. The normalized spacial score (nSPS) is 29.0. The Hall–Kier alpha value is -2.04. The van der Waals surface area contributed by atoms with Gasteiger partial charge in [-0.25, -0.2) is 4.39 Å². The lowest BCUT2D eigenvalue weighted by molar-refractivity contribution is -0.128. The number of amides is 1. The zero-order chi connectivity index (χ0) is 17.6. The summed E-state index contributed by atoms with van der Waals surface area (Å²) in [6.45, 7) is 5.79. The van der Waals surface area contributed by atoms with Gasteiger partial charge in [-0.05, 0) is 37.5 Å². The highest BCUT2D eigenvalue weighted by Gasteiger charge is 2.45. The molecular formula is C19H22FNO3. The number of rotatable bonds is 4. The van der Waals surface area contributed by atoms with Gasteiger partial charge in [0.05, 0.1) is 6.04 Å².